The third-order valence-electron chi connectivity index (χ3n) is 4.27. The molecule has 0 spiro atoms. The maximum atomic E-state index is 11.9. The molecule has 98 valence electrons. The molecule has 0 aromatic carbocycles. The average molecular weight is 252 g/mol. The minimum atomic E-state index is -1.12. The molecule has 0 saturated heterocycles. The van der Waals surface area contributed by atoms with E-state index in [2.05, 4.69) is 10.5 Å². The fourth-order valence-corrected chi connectivity index (χ4v) is 3.34. The van der Waals surface area contributed by atoms with Gasteiger partial charge in [0.05, 0.1) is 0 Å². The largest absolute Gasteiger partial charge is 0.477 e. The summed E-state index contributed by atoms with van der Waals surface area (Å²) in [4.78, 5) is 27.5. The van der Waals surface area contributed by atoms with Gasteiger partial charge in [0.25, 0.3) is 5.91 Å². The van der Waals surface area contributed by atoms with E-state index in [-0.39, 0.29) is 24.1 Å². The Labute approximate surface area is 104 Å². The van der Waals surface area contributed by atoms with Crippen LogP contribution in [0.3, 0.4) is 0 Å². The van der Waals surface area contributed by atoms with Crippen LogP contribution in [0.4, 0.5) is 0 Å². The van der Waals surface area contributed by atoms with E-state index in [4.69, 9.17) is 9.94 Å². The van der Waals surface area contributed by atoms with Crippen molar-refractivity contribution in [3.05, 3.63) is 0 Å². The molecule has 4 unspecified atom stereocenters. The second-order valence-electron chi connectivity index (χ2n) is 5.43. The first-order valence-electron chi connectivity index (χ1n) is 6.40. The highest BCUT2D eigenvalue weighted by Crippen LogP contribution is 2.44. The topological polar surface area (TPSA) is 88.0 Å². The molecule has 2 fully saturated rings. The van der Waals surface area contributed by atoms with E-state index in [1.165, 1.54) is 19.3 Å². The molecule has 2 bridgehead atoms. The number of nitrogens with zero attached hydrogens (tertiary/aromatic N) is 1. The number of nitrogens with one attached hydrogen (secondary N) is 1. The molecule has 0 aromatic rings. The third kappa shape index (κ3) is 1.95. The molecule has 2 N–H and O–H groups in total. The standard InChI is InChI=1S/C12H16N2O4/c15-11(10-5-9(12(16)17)14-18-10)13-8-4-6-1-2-7(8)3-6/h6-8,10H,1-5H2,(H,13,15)(H,16,17). The number of hydrogen-bond acceptors (Lipinski definition) is 4. The second-order valence-corrected chi connectivity index (χ2v) is 5.43. The minimum Gasteiger partial charge on any atom is -0.477 e. The summed E-state index contributed by atoms with van der Waals surface area (Å²) < 4.78 is 0. The lowest BCUT2D eigenvalue weighted by Gasteiger charge is -2.23. The average Bonchev–Trinajstić information content (AvgIpc) is 3.04. The molecule has 1 heterocycles. The summed E-state index contributed by atoms with van der Waals surface area (Å²) in [6.45, 7) is 0. The van der Waals surface area contributed by atoms with E-state index in [0.717, 1.165) is 12.3 Å². The predicted octanol–water partition coefficient (Wildman–Crippen LogP) is 0.521. The van der Waals surface area contributed by atoms with Crippen LogP contribution in [0.2, 0.25) is 0 Å². The van der Waals surface area contributed by atoms with Gasteiger partial charge < -0.3 is 15.3 Å². The maximum absolute atomic E-state index is 11.9. The van der Waals surface area contributed by atoms with Crippen molar-refractivity contribution >= 4 is 17.6 Å². The number of aliphatic carboxylic acids is 1. The monoisotopic (exact) mass is 252 g/mol. The Bertz CT molecular complexity index is 420. The van der Waals surface area contributed by atoms with Crippen LogP contribution < -0.4 is 5.32 Å². The van der Waals surface area contributed by atoms with Gasteiger partial charge in [-0.15, -0.1) is 0 Å². The van der Waals surface area contributed by atoms with Gasteiger partial charge in [0, 0.05) is 12.5 Å². The number of oxime groups is 1. The molecule has 1 amide bonds. The molecule has 4 atom stereocenters. The van der Waals surface area contributed by atoms with Gasteiger partial charge >= 0.3 is 5.97 Å². The van der Waals surface area contributed by atoms with Crippen molar-refractivity contribution < 1.29 is 19.5 Å². The molecule has 2 saturated carbocycles. The molecular formula is C12H16N2O4. The van der Waals surface area contributed by atoms with Crippen LogP contribution in [-0.4, -0.2) is 34.8 Å². The van der Waals surface area contributed by atoms with Gasteiger partial charge in [0.1, 0.15) is 0 Å². The Morgan fingerprint density at radius 2 is 2.17 bits per heavy atom. The van der Waals surface area contributed by atoms with E-state index in [0.29, 0.717) is 5.92 Å². The first-order chi connectivity index (χ1) is 8.63. The van der Waals surface area contributed by atoms with Crippen LogP contribution >= 0.6 is 0 Å². The van der Waals surface area contributed by atoms with Crippen molar-refractivity contribution in [2.75, 3.05) is 0 Å². The van der Waals surface area contributed by atoms with Crippen molar-refractivity contribution in [1.29, 1.82) is 0 Å². The zero-order chi connectivity index (χ0) is 12.7. The van der Waals surface area contributed by atoms with Crippen molar-refractivity contribution in [3.63, 3.8) is 0 Å². The Morgan fingerprint density at radius 3 is 2.72 bits per heavy atom. The third-order valence-corrected chi connectivity index (χ3v) is 4.27. The Kier molecular flexibility index (Phi) is 2.72. The summed E-state index contributed by atoms with van der Waals surface area (Å²) >= 11 is 0. The normalized spacial score (nSPS) is 37.2. The molecular weight excluding hydrogens is 236 g/mol. The molecule has 3 rings (SSSR count). The van der Waals surface area contributed by atoms with Crippen molar-refractivity contribution in [1.82, 2.24) is 5.32 Å². The fraction of sp³-hybridized carbons (Fsp3) is 0.750. The van der Waals surface area contributed by atoms with Gasteiger partial charge in [-0.2, -0.15) is 0 Å². The van der Waals surface area contributed by atoms with Crippen LogP contribution in [0, 0.1) is 11.8 Å². The molecule has 6 heteroatoms. The Morgan fingerprint density at radius 1 is 1.33 bits per heavy atom. The van der Waals surface area contributed by atoms with Gasteiger partial charge in [-0.25, -0.2) is 4.79 Å². The lowest BCUT2D eigenvalue weighted by molar-refractivity contribution is -0.132. The van der Waals surface area contributed by atoms with Crippen LogP contribution in [0.1, 0.15) is 32.1 Å². The quantitative estimate of drug-likeness (QED) is 0.766. The maximum Gasteiger partial charge on any atom is 0.353 e. The number of carbonyl (C=O) groups excluding carboxylic acids is 1. The van der Waals surface area contributed by atoms with Crippen LogP contribution in [0.5, 0.6) is 0 Å². The number of carboxylic acids is 1. The highest BCUT2D eigenvalue weighted by molar-refractivity contribution is 6.36. The SMILES string of the molecule is O=C(O)C1=NOC(C(=O)NC2CC3CCC2C3)C1. The summed E-state index contributed by atoms with van der Waals surface area (Å²) in [6.07, 6.45) is 4.03. The zero-order valence-electron chi connectivity index (χ0n) is 9.96. The van der Waals surface area contributed by atoms with E-state index in [1.807, 2.05) is 0 Å². The first kappa shape index (κ1) is 11.5. The smallest absolute Gasteiger partial charge is 0.353 e. The van der Waals surface area contributed by atoms with Gasteiger partial charge in [-0.1, -0.05) is 11.6 Å². The van der Waals surface area contributed by atoms with Gasteiger partial charge in [0.15, 0.2) is 5.71 Å². The number of hydrogen-bond donors (Lipinski definition) is 2. The lowest BCUT2D eigenvalue weighted by atomic mass is 9.95. The van der Waals surface area contributed by atoms with Crippen molar-refractivity contribution in [2.24, 2.45) is 17.0 Å². The Hall–Kier alpha value is -1.59. The van der Waals surface area contributed by atoms with Crippen LogP contribution in [-0.2, 0) is 14.4 Å². The molecule has 3 aliphatic rings. The summed E-state index contributed by atoms with van der Waals surface area (Å²) in [5.41, 5.74) is -0.0805. The molecule has 6 nitrogen and oxygen atoms in total. The second kappa shape index (κ2) is 4.26. The zero-order valence-corrected chi connectivity index (χ0v) is 9.96. The van der Waals surface area contributed by atoms with E-state index >= 15 is 0 Å². The summed E-state index contributed by atoms with van der Waals surface area (Å²) in [6, 6.07) is 0.244. The van der Waals surface area contributed by atoms with E-state index in [1.54, 1.807) is 0 Å². The lowest BCUT2D eigenvalue weighted by Crippen LogP contribution is -2.44. The van der Waals surface area contributed by atoms with Crippen molar-refractivity contribution in [3.8, 4) is 0 Å². The van der Waals surface area contributed by atoms with Crippen LogP contribution in [0.15, 0.2) is 5.16 Å². The number of carboxylic acid groups (broad SMARTS) is 1. The van der Waals surface area contributed by atoms with Gasteiger partial charge in [0.2, 0.25) is 6.10 Å². The van der Waals surface area contributed by atoms with E-state index < -0.39 is 12.1 Å². The first-order valence-corrected chi connectivity index (χ1v) is 6.40. The highest BCUT2D eigenvalue weighted by Gasteiger charge is 2.41. The van der Waals surface area contributed by atoms with E-state index in [9.17, 15) is 9.59 Å². The minimum absolute atomic E-state index is 0.0575. The van der Waals surface area contributed by atoms with Crippen LogP contribution in [0.25, 0.3) is 0 Å². The predicted molar refractivity (Wildman–Crippen MR) is 61.9 cm³/mol. The fourth-order valence-electron chi connectivity index (χ4n) is 3.34. The number of carbonyl (C=O) groups is 2. The van der Waals surface area contributed by atoms with Gasteiger partial charge in [-0.3, -0.25) is 4.79 Å². The van der Waals surface area contributed by atoms with Crippen molar-refractivity contribution in [2.45, 2.75) is 44.2 Å². The number of amides is 1. The highest BCUT2D eigenvalue weighted by atomic mass is 16.6. The van der Waals surface area contributed by atoms with Gasteiger partial charge in [-0.05, 0) is 31.1 Å². The summed E-state index contributed by atoms with van der Waals surface area (Å²) in [7, 11) is 0. The summed E-state index contributed by atoms with van der Waals surface area (Å²) in [5, 5.41) is 15.1. The molecule has 0 aromatic heterocycles. The molecule has 18 heavy (non-hydrogen) atoms. The number of fused-ring (bicyclic) bond motifs is 2. The molecule has 1 aliphatic heterocycles. The summed E-state index contributed by atoms with van der Waals surface area (Å²) in [5.74, 6) is 0.00798. The molecule has 2 aliphatic carbocycles. The molecule has 0 radical (unpaired) electrons. The Balaban J connectivity index is 1.53. The number of rotatable bonds is 3.